The van der Waals surface area contributed by atoms with Gasteiger partial charge in [-0.05, 0) is 6.42 Å². The van der Waals surface area contributed by atoms with Gasteiger partial charge in [0.25, 0.3) is 0 Å². The summed E-state index contributed by atoms with van der Waals surface area (Å²) in [5.41, 5.74) is 0.320. The van der Waals surface area contributed by atoms with Gasteiger partial charge in [0.15, 0.2) is 11.5 Å². The maximum Gasteiger partial charge on any atom is 0.451 e. The third-order valence-electron chi connectivity index (χ3n) is 2.98. The standard InChI is InChI=1S/C10H10F3N5O/c11-10(12,13)9-16-7-6(14-4-15-7)8(17-9)18-2-1-5(19)3-18/h4-5,19H,1-3H2,(H,14,15,16,17)/t5-/m0/s1. The zero-order valence-corrected chi connectivity index (χ0v) is 9.65. The lowest BCUT2D eigenvalue weighted by molar-refractivity contribution is -0.144. The van der Waals surface area contributed by atoms with E-state index in [-0.39, 0.29) is 18.0 Å². The van der Waals surface area contributed by atoms with Crippen LogP contribution in [-0.4, -0.2) is 44.2 Å². The van der Waals surface area contributed by atoms with Gasteiger partial charge in [0, 0.05) is 13.1 Å². The van der Waals surface area contributed by atoms with E-state index < -0.39 is 18.1 Å². The van der Waals surface area contributed by atoms with E-state index in [1.54, 1.807) is 4.90 Å². The predicted octanol–water partition coefficient (Wildman–Crippen LogP) is 0.943. The van der Waals surface area contributed by atoms with Crippen LogP contribution in [0.4, 0.5) is 19.0 Å². The zero-order valence-electron chi connectivity index (χ0n) is 9.65. The molecule has 0 saturated carbocycles. The number of fused-ring (bicyclic) bond motifs is 1. The van der Waals surface area contributed by atoms with Crippen LogP contribution < -0.4 is 4.90 Å². The number of aromatic nitrogens is 4. The maximum atomic E-state index is 12.7. The molecule has 2 aromatic rings. The van der Waals surface area contributed by atoms with Crippen LogP contribution >= 0.6 is 0 Å². The molecule has 6 nitrogen and oxygen atoms in total. The lowest BCUT2D eigenvalue weighted by atomic mass is 10.3. The van der Waals surface area contributed by atoms with Gasteiger partial charge in [-0.25, -0.2) is 15.0 Å². The molecule has 0 aliphatic carbocycles. The van der Waals surface area contributed by atoms with Gasteiger partial charge in [-0.2, -0.15) is 13.2 Å². The van der Waals surface area contributed by atoms with E-state index in [9.17, 15) is 18.3 Å². The number of H-pyrrole nitrogens is 1. The van der Waals surface area contributed by atoms with Gasteiger partial charge in [-0.1, -0.05) is 0 Å². The van der Waals surface area contributed by atoms with Gasteiger partial charge >= 0.3 is 6.18 Å². The molecule has 0 amide bonds. The molecule has 2 N–H and O–H groups in total. The molecule has 2 aromatic heterocycles. The van der Waals surface area contributed by atoms with Crippen LogP contribution in [0.5, 0.6) is 0 Å². The Bertz CT molecular complexity index is 611. The highest BCUT2D eigenvalue weighted by Crippen LogP contribution is 2.31. The average Bonchev–Trinajstić information content (AvgIpc) is 2.94. The summed E-state index contributed by atoms with van der Waals surface area (Å²) < 4.78 is 38.2. The topological polar surface area (TPSA) is 77.9 Å². The molecule has 0 unspecified atom stereocenters. The third-order valence-corrected chi connectivity index (χ3v) is 2.98. The van der Waals surface area contributed by atoms with Gasteiger partial charge in [0.1, 0.15) is 5.52 Å². The Balaban J connectivity index is 2.13. The number of alkyl halides is 3. The van der Waals surface area contributed by atoms with E-state index in [4.69, 9.17) is 0 Å². The van der Waals surface area contributed by atoms with E-state index in [2.05, 4.69) is 19.9 Å². The number of anilines is 1. The summed E-state index contributed by atoms with van der Waals surface area (Å²) in [4.78, 5) is 15.0. The first-order chi connectivity index (χ1) is 8.95. The molecule has 0 aromatic carbocycles. The normalized spacial score (nSPS) is 20.4. The molecule has 3 rings (SSSR count). The van der Waals surface area contributed by atoms with Gasteiger partial charge < -0.3 is 15.0 Å². The number of aliphatic hydroxyl groups is 1. The third kappa shape index (κ3) is 2.09. The summed E-state index contributed by atoms with van der Waals surface area (Å²) in [6.45, 7) is 0.700. The number of hydrogen-bond acceptors (Lipinski definition) is 5. The van der Waals surface area contributed by atoms with E-state index in [1.807, 2.05) is 0 Å². The summed E-state index contributed by atoms with van der Waals surface area (Å²) in [7, 11) is 0. The van der Waals surface area contributed by atoms with Crippen molar-refractivity contribution < 1.29 is 18.3 Å². The molecule has 19 heavy (non-hydrogen) atoms. The molecule has 1 aliphatic heterocycles. The first-order valence-electron chi connectivity index (χ1n) is 5.66. The minimum Gasteiger partial charge on any atom is -0.391 e. The van der Waals surface area contributed by atoms with Gasteiger partial charge in [-0.15, -0.1) is 0 Å². The SMILES string of the molecule is O[C@H]1CCN(c2nc(C(F)(F)F)nc3nc[nH]c23)C1. The molecule has 1 atom stereocenters. The highest BCUT2D eigenvalue weighted by atomic mass is 19.4. The molecule has 1 aliphatic rings. The van der Waals surface area contributed by atoms with Crippen LogP contribution in [0.2, 0.25) is 0 Å². The number of aromatic amines is 1. The lowest BCUT2D eigenvalue weighted by Crippen LogP contribution is -2.24. The van der Waals surface area contributed by atoms with Crippen molar-refractivity contribution in [1.82, 2.24) is 19.9 Å². The van der Waals surface area contributed by atoms with Crippen molar-refractivity contribution in [2.24, 2.45) is 0 Å². The summed E-state index contributed by atoms with van der Waals surface area (Å²) in [5.74, 6) is -1.09. The Hall–Kier alpha value is -1.90. The van der Waals surface area contributed by atoms with Gasteiger partial charge in [-0.3, -0.25) is 0 Å². The van der Waals surface area contributed by atoms with E-state index in [0.29, 0.717) is 18.5 Å². The Morgan fingerprint density at radius 1 is 1.37 bits per heavy atom. The van der Waals surface area contributed by atoms with Crippen LogP contribution in [-0.2, 0) is 6.18 Å². The highest BCUT2D eigenvalue weighted by molar-refractivity contribution is 5.83. The number of aliphatic hydroxyl groups excluding tert-OH is 1. The summed E-state index contributed by atoms with van der Waals surface area (Å²) in [6.07, 6.45) is -3.40. The smallest absolute Gasteiger partial charge is 0.391 e. The molecule has 1 fully saturated rings. The van der Waals surface area contributed by atoms with Crippen LogP contribution in [0.25, 0.3) is 11.2 Å². The molecular weight excluding hydrogens is 263 g/mol. The quantitative estimate of drug-likeness (QED) is 0.808. The van der Waals surface area contributed by atoms with Crippen molar-refractivity contribution in [3.05, 3.63) is 12.2 Å². The zero-order chi connectivity index (χ0) is 13.6. The molecule has 9 heteroatoms. The summed E-state index contributed by atoms with van der Waals surface area (Å²) in [5, 5.41) is 9.48. The Kier molecular flexibility index (Phi) is 2.59. The monoisotopic (exact) mass is 273 g/mol. The highest BCUT2D eigenvalue weighted by Gasteiger charge is 2.37. The fourth-order valence-corrected chi connectivity index (χ4v) is 2.11. The summed E-state index contributed by atoms with van der Waals surface area (Å²) in [6, 6.07) is 0. The number of rotatable bonds is 1. The molecular formula is C10H10F3N5O. The second kappa shape index (κ2) is 4.05. The predicted molar refractivity (Wildman–Crippen MR) is 59.5 cm³/mol. The van der Waals surface area contributed by atoms with Crippen molar-refractivity contribution in [1.29, 1.82) is 0 Å². The van der Waals surface area contributed by atoms with Crippen molar-refractivity contribution >= 4 is 17.0 Å². The number of hydrogen-bond donors (Lipinski definition) is 2. The first-order valence-corrected chi connectivity index (χ1v) is 5.66. The molecule has 1 saturated heterocycles. The van der Waals surface area contributed by atoms with Crippen molar-refractivity contribution in [2.75, 3.05) is 18.0 Å². The molecule has 0 bridgehead atoms. The Morgan fingerprint density at radius 3 is 2.79 bits per heavy atom. The fourth-order valence-electron chi connectivity index (χ4n) is 2.11. The van der Waals surface area contributed by atoms with E-state index in [1.165, 1.54) is 6.33 Å². The minimum absolute atomic E-state index is 0.0290. The van der Waals surface area contributed by atoms with Crippen molar-refractivity contribution in [3.63, 3.8) is 0 Å². The lowest BCUT2D eigenvalue weighted by Gasteiger charge is -2.18. The van der Waals surface area contributed by atoms with Crippen LogP contribution in [0.3, 0.4) is 0 Å². The fraction of sp³-hybridized carbons (Fsp3) is 0.500. The number of halogens is 3. The number of β-amino-alcohol motifs (C(OH)–C–C–N with tert-alkyl or cyclic N) is 1. The Morgan fingerprint density at radius 2 is 2.16 bits per heavy atom. The van der Waals surface area contributed by atoms with E-state index >= 15 is 0 Å². The molecule has 3 heterocycles. The summed E-state index contributed by atoms with van der Waals surface area (Å²) >= 11 is 0. The van der Waals surface area contributed by atoms with Gasteiger partial charge in [0.05, 0.1) is 12.4 Å². The van der Waals surface area contributed by atoms with Crippen molar-refractivity contribution in [2.45, 2.75) is 18.7 Å². The van der Waals surface area contributed by atoms with E-state index in [0.717, 1.165) is 0 Å². The average molecular weight is 273 g/mol. The number of nitrogens with zero attached hydrogens (tertiary/aromatic N) is 4. The number of nitrogens with one attached hydrogen (secondary N) is 1. The second-order valence-electron chi connectivity index (χ2n) is 4.36. The minimum atomic E-state index is -4.62. The largest absolute Gasteiger partial charge is 0.451 e. The van der Waals surface area contributed by atoms with Crippen LogP contribution in [0, 0.1) is 0 Å². The Labute approximate surface area is 105 Å². The van der Waals surface area contributed by atoms with Crippen LogP contribution in [0.1, 0.15) is 12.2 Å². The van der Waals surface area contributed by atoms with Crippen LogP contribution in [0.15, 0.2) is 6.33 Å². The van der Waals surface area contributed by atoms with Gasteiger partial charge in [0.2, 0.25) is 5.82 Å². The molecule has 0 spiro atoms. The molecule has 0 radical (unpaired) electrons. The molecule has 102 valence electrons. The second-order valence-corrected chi connectivity index (χ2v) is 4.36. The van der Waals surface area contributed by atoms with Crippen molar-refractivity contribution in [3.8, 4) is 0 Å². The number of imidazole rings is 1. The maximum absolute atomic E-state index is 12.7. The first kappa shape index (κ1) is 12.2.